The van der Waals surface area contributed by atoms with Gasteiger partial charge in [-0.25, -0.2) is 5.90 Å². The second-order valence-corrected chi connectivity index (χ2v) is 3.78. The number of piperidine rings is 1. The first kappa shape index (κ1) is 9.96. The van der Waals surface area contributed by atoms with Gasteiger partial charge in [0.15, 0.2) is 0 Å². The standard InChI is InChI=1S/C9H20N2O/c1-11-6-2-4-9(8-11)5-3-7-12-10/h9H,2-8,10H2,1H3. The third-order valence-corrected chi connectivity index (χ3v) is 2.60. The first-order valence-corrected chi connectivity index (χ1v) is 4.83. The normalized spacial score (nSPS) is 26.0. The van der Waals surface area contributed by atoms with E-state index in [0.717, 1.165) is 12.3 Å². The lowest BCUT2D eigenvalue weighted by Crippen LogP contribution is -2.32. The Hall–Kier alpha value is -0.120. The Balaban J connectivity index is 2.06. The smallest absolute Gasteiger partial charge is 0.0679 e. The minimum absolute atomic E-state index is 0.709. The summed E-state index contributed by atoms with van der Waals surface area (Å²) in [5.74, 6) is 5.83. The highest BCUT2D eigenvalue weighted by Crippen LogP contribution is 2.19. The van der Waals surface area contributed by atoms with Gasteiger partial charge in [0.05, 0.1) is 6.61 Å². The van der Waals surface area contributed by atoms with E-state index in [4.69, 9.17) is 5.90 Å². The molecule has 2 N–H and O–H groups in total. The van der Waals surface area contributed by atoms with Gasteiger partial charge in [-0.05, 0) is 45.2 Å². The van der Waals surface area contributed by atoms with Crippen LogP contribution >= 0.6 is 0 Å². The van der Waals surface area contributed by atoms with Gasteiger partial charge in [0.1, 0.15) is 0 Å². The van der Waals surface area contributed by atoms with Crippen LogP contribution in [0.2, 0.25) is 0 Å². The number of nitrogens with zero attached hydrogens (tertiary/aromatic N) is 1. The molecule has 1 fully saturated rings. The third kappa shape index (κ3) is 3.52. The van der Waals surface area contributed by atoms with Gasteiger partial charge in [-0.15, -0.1) is 0 Å². The zero-order valence-electron chi connectivity index (χ0n) is 7.96. The fraction of sp³-hybridized carbons (Fsp3) is 1.00. The largest absolute Gasteiger partial charge is 0.306 e. The maximum atomic E-state index is 4.96. The molecule has 1 aliphatic heterocycles. The Labute approximate surface area is 74.8 Å². The number of hydrogen-bond acceptors (Lipinski definition) is 3. The van der Waals surface area contributed by atoms with Gasteiger partial charge in [-0.3, -0.25) is 0 Å². The van der Waals surface area contributed by atoms with Crippen molar-refractivity contribution in [3.8, 4) is 0 Å². The zero-order chi connectivity index (χ0) is 8.81. The fourth-order valence-electron chi connectivity index (χ4n) is 1.96. The topological polar surface area (TPSA) is 38.5 Å². The maximum Gasteiger partial charge on any atom is 0.0679 e. The Morgan fingerprint density at radius 1 is 1.58 bits per heavy atom. The predicted octanol–water partition coefficient (Wildman–Crippen LogP) is 0.999. The van der Waals surface area contributed by atoms with Crippen LogP contribution in [0.3, 0.4) is 0 Å². The van der Waals surface area contributed by atoms with Gasteiger partial charge in [-0.1, -0.05) is 0 Å². The zero-order valence-corrected chi connectivity index (χ0v) is 7.96. The van der Waals surface area contributed by atoms with E-state index in [-0.39, 0.29) is 0 Å². The Morgan fingerprint density at radius 3 is 3.08 bits per heavy atom. The van der Waals surface area contributed by atoms with Gasteiger partial charge >= 0.3 is 0 Å². The molecule has 1 atom stereocenters. The summed E-state index contributed by atoms with van der Waals surface area (Å²) in [5.41, 5.74) is 0. The molecule has 3 heteroatoms. The molecule has 12 heavy (non-hydrogen) atoms. The molecule has 0 radical (unpaired) electrons. The average molecular weight is 172 g/mol. The lowest BCUT2D eigenvalue weighted by atomic mass is 9.94. The van der Waals surface area contributed by atoms with Crippen LogP contribution in [0.25, 0.3) is 0 Å². The van der Waals surface area contributed by atoms with Crippen LogP contribution in [-0.4, -0.2) is 31.6 Å². The molecule has 1 unspecified atom stereocenters. The lowest BCUT2D eigenvalue weighted by molar-refractivity contribution is 0.122. The molecule has 1 heterocycles. The Morgan fingerprint density at radius 2 is 2.42 bits per heavy atom. The first-order valence-electron chi connectivity index (χ1n) is 4.83. The van der Waals surface area contributed by atoms with E-state index in [2.05, 4.69) is 16.8 Å². The summed E-state index contributed by atoms with van der Waals surface area (Å²) in [4.78, 5) is 6.96. The summed E-state index contributed by atoms with van der Waals surface area (Å²) >= 11 is 0. The van der Waals surface area contributed by atoms with Crippen molar-refractivity contribution in [3.05, 3.63) is 0 Å². The predicted molar refractivity (Wildman–Crippen MR) is 49.6 cm³/mol. The molecule has 1 saturated heterocycles. The van der Waals surface area contributed by atoms with Gasteiger partial charge in [0.25, 0.3) is 0 Å². The molecule has 0 aromatic heterocycles. The monoisotopic (exact) mass is 172 g/mol. The molecule has 0 aromatic rings. The van der Waals surface area contributed by atoms with Crippen LogP contribution in [0.1, 0.15) is 25.7 Å². The quantitative estimate of drug-likeness (QED) is 0.508. The van der Waals surface area contributed by atoms with Crippen molar-refractivity contribution >= 4 is 0 Å². The minimum atomic E-state index is 0.709. The maximum absolute atomic E-state index is 4.96. The Kier molecular flexibility index (Phi) is 4.58. The van der Waals surface area contributed by atoms with E-state index in [1.165, 1.54) is 32.4 Å². The fourth-order valence-corrected chi connectivity index (χ4v) is 1.96. The van der Waals surface area contributed by atoms with Crippen molar-refractivity contribution in [1.29, 1.82) is 0 Å². The molecule has 72 valence electrons. The van der Waals surface area contributed by atoms with E-state index in [1.807, 2.05) is 0 Å². The van der Waals surface area contributed by atoms with Crippen molar-refractivity contribution in [2.75, 3.05) is 26.7 Å². The second kappa shape index (κ2) is 5.51. The molecule has 0 amide bonds. The summed E-state index contributed by atoms with van der Waals surface area (Å²) in [6.45, 7) is 3.23. The highest BCUT2D eigenvalue weighted by Gasteiger charge is 2.16. The van der Waals surface area contributed by atoms with Crippen LogP contribution < -0.4 is 5.90 Å². The highest BCUT2D eigenvalue weighted by atomic mass is 16.6. The molecule has 0 saturated carbocycles. The number of hydrogen-bond donors (Lipinski definition) is 1. The van der Waals surface area contributed by atoms with Crippen LogP contribution in [-0.2, 0) is 4.84 Å². The van der Waals surface area contributed by atoms with Crippen LogP contribution in [0.4, 0.5) is 0 Å². The molecule has 1 rings (SSSR count). The lowest BCUT2D eigenvalue weighted by Gasteiger charge is -2.29. The van der Waals surface area contributed by atoms with E-state index >= 15 is 0 Å². The summed E-state index contributed by atoms with van der Waals surface area (Å²) in [7, 11) is 2.20. The van der Waals surface area contributed by atoms with Crippen molar-refractivity contribution in [1.82, 2.24) is 4.90 Å². The van der Waals surface area contributed by atoms with Crippen molar-refractivity contribution in [2.24, 2.45) is 11.8 Å². The SMILES string of the molecule is CN1CCCC(CCCON)C1. The summed E-state index contributed by atoms with van der Waals surface area (Å²) < 4.78 is 0. The average Bonchev–Trinajstić information content (AvgIpc) is 2.05. The summed E-state index contributed by atoms with van der Waals surface area (Å²) in [6.07, 6.45) is 5.11. The molecule has 1 aliphatic rings. The summed E-state index contributed by atoms with van der Waals surface area (Å²) in [5, 5.41) is 0. The van der Waals surface area contributed by atoms with Crippen LogP contribution in [0.15, 0.2) is 0 Å². The Bertz CT molecular complexity index is 119. The molecule has 0 aliphatic carbocycles. The third-order valence-electron chi connectivity index (χ3n) is 2.60. The first-order chi connectivity index (χ1) is 5.83. The van der Waals surface area contributed by atoms with E-state index in [1.54, 1.807) is 0 Å². The second-order valence-electron chi connectivity index (χ2n) is 3.78. The molecule has 0 bridgehead atoms. The van der Waals surface area contributed by atoms with Crippen LogP contribution in [0.5, 0.6) is 0 Å². The molecular weight excluding hydrogens is 152 g/mol. The van der Waals surface area contributed by atoms with Crippen molar-refractivity contribution in [3.63, 3.8) is 0 Å². The molecule has 0 aromatic carbocycles. The molecular formula is C9H20N2O. The number of likely N-dealkylation sites (tertiary alicyclic amines) is 1. The van der Waals surface area contributed by atoms with Crippen LogP contribution in [0, 0.1) is 5.92 Å². The van der Waals surface area contributed by atoms with E-state index in [0.29, 0.717) is 6.61 Å². The number of rotatable bonds is 4. The van der Waals surface area contributed by atoms with Gasteiger partial charge in [-0.2, -0.15) is 0 Å². The number of nitrogens with two attached hydrogens (primary N) is 1. The van der Waals surface area contributed by atoms with E-state index < -0.39 is 0 Å². The van der Waals surface area contributed by atoms with E-state index in [9.17, 15) is 0 Å². The minimum Gasteiger partial charge on any atom is -0.306 e. The van der Waals surface area contributed by atoms with Gasteiger partial charge in [0, 0.05) is 6.54 Å². The highest BCUT2D eigenvalue weighted by molar-refractivity contribution is 4.70. The molecule has 0 spiro atoms. The van der Waals surface area contributed by atoms with Crippen molar-refractivity contribution < 1.29 is 4.84 Å². The summed E-state index contributed by atoms with van der Waals surface area (Å²) in [6, 6.07) is 0. The van der Waals surface area contributed by atoms with Gasteiger partial charge < -0.3 is 9.74 Å². The molecule has 3 nitrogen and oxygen atoms in total. The van der Waals surface area contributed by atoms with Crippen molar-refractivity contribution in [2.45, 2.75) is 25.7 Å². The van der Waals surface area contributed by atoms with Gasteiger partial charge in [0.2, 0.25) is 0 Å².